The molecule has 0 aromatic heterocycles. The Morgan fingerprint density at radius 2 is 1.47 bits per heavy atom. The molecule has 0 spiro atoms. The Morgan fingerprint density at radius 1 is 0.867 bits per heavy atom. The minimum absolute atomic E-state index is 0. The van der Waals surface area contributed by atoms with E-state index in [1.807, 2.05) is 18.2 Å². The van der Waals surface area contributed by atoms with Gasteiger partial charge in [-0.2, -0.15) is 35.9 Å². The van der Waals surface area contributed by atoms with Crippen LogP contribution in [-0.4, -0.2) is 3.26 Å². The number of halogens is 2. The first-order valence-corrected chi connectivity index (χ1v) is 11.8. The summed E-state index contributed by atoms with van der Waals surface area (Å²) < 4.78 is 1.71. The molecule has 0 N–H and O–H groups in total. The van der Waals surface area contributed by atoms with Crippen molar-refractivity contribution in [3.05, 3.63) is 84.0 Å². The van der Waals surface area contributed by atoms with Crippen LogP contribution in [0.1, 0.15) is 59.1 Å². The monoisotopic (exact) mass is 606 g/mol. The molecule has 0 heterocycles. The SMILES string of the molecule is CC(C)(C)[C](=[Hf+2])C(C)(C)C.[C-]1=CC=CC1.[Cl-].[Cl-].[c-]1cccc2c1Cc1ccccc1-2. The van der Waals surface area contributed by atoms with Crippen LogP contribution in [0.25, 0.3) is 11.1 Å². The molecule has 0 saturated carbocycles. The molecule has 0 unspecified atom stereocenters. The zero-order chi connectivity index (χ0) is 20.8. The maximum absolute atomic E-state index is 3.30. The van der Waals surface area contributed by atoms with Gasteiger partial charge in [0, 0.05) is 0 Å². The second kappa shape index (κ2) is 12.9. The fraction of sp³-hybridized carbons (Fsp3) is 0.370. The first-order chi connectivity index (χ1) is 13.1. The molecule has 0 amide bonds. The van der Waals surface area contributed by atoms with Gasteiger partial charge in [-0.25, -0.2) is 12.2 Å². The Hall–Kier alpha value is -0.760. The zero-order valence-electron chi connectivity index (χ0n) is 18.9. The van der Waals surface area contributed by atoms with Crippen LogP contribution >= 0.6 is 0 Å². The molecule has 160 valence electrons. The molecule has 3 heteroatoms. The molecule has 30 heavy (non-hydrogen) atoms. The van der Waals surface area contributed by atoms with Crippen molar-refractivity contribution in [1.82, 2.24) is 0 Å². The summed E-state index contributed by atoms with van der Waals surface area (Å²) in [6.45, 7) is 13.8. The van der Waals surface area contributed by atoms with Crippen molar-refractivity contribution >= 4 is 3.26 Å². The van der Waals surface area contributed by atoms with Crippen molar-refractivity contribution in [2.75, 3.05) is 0 Å². The third-order valence-electron chi connectivity index (χ3n) is 4.70. The van der Waals surface area contributed by atoms with Crippen molar-refractivity contribution in [2.45, 2.75) is 54.4 Å². The maximum Gasteiger partial charge on any atom is -0.0253 e. The van der Waals surface area contributed by atoms with Crippen LogP contribution in [0.4, 0.5) is 0 Å². The molecule has 0 radical (unpaired) electrons. The third kappa shape index (κ3) is 8.77. The molecule has 0 bridgehead atoms. The van der Waals surface area contributed by atoms with Gasteiger partial charge in [-0.1, -0.05) is 35.4 Å². The van der Waals surface area contributed by atoms with Gasteiger partial charge in [0.2, 0.25) is 0 Å². The van der Waals surface area contributed by atoms with Gasteiger partial charge in [0.15, 0.2) is 0 Å². The first kappa shape index (κ1) is 29.2. The van der Waals surface area contributed by atoms with Gasteiger partial charge in [-0.05, 0) is 6.42 Å². The largest absolute Gasteiger partial charge is 1.00 e. The number of rotatable bonds is 0. The molecular formula is C27H32Cl2Hf-2. The van der Waals surface area contributed by atoms with Crippen molar-refractivity contribution in [2.24, 2.45) is 10.8 Å². The Labute approximate surface area is 211 Å². The molecule has 0 saturated heterocycles. The van der Waals surface area contributed by atoms with E-state index < -0.39 is 0 Å². The topological polar surface area (TPSA) is 0 Å². The molecule has 0 aliphatic heterocycles. The van der Waals surface area contributed by atoms with Gasteiger partial charge in [0.05, 0.1) is 0 Å². The van der Waals surface area contributed by atoms with Crippen LogP contribution in [0.5, 0.6) is 0 Å². The van der Waals surface area contributed by atoms with Crippen LogP contribution < -0.4 is 24.8 Å². The van der Waals surface area contributed by atoms with Crippen molar-refractivity contribution in [3.8, 4) is 11.1 Å². The molecule has 2 aliphatic carbocycles. The van der Waals surface area contributed by atoms with Gasteiger partial charge in [-0.3, -0.25) is 6.08 Å². The van der Waals surface area contributed by atoms with Gasteiger partial charge >= 0.3 is 79.5 Å². The smallest absolute Gasteiger partial charge is 0.0253 e. The van der Waals surface area contributed by atoms with Crippen molar-refractivity contribution in [3.63, 3.8) is 0 Å². The standard InChI is InChI=1S/C13H9.C9H18.C5H5.2ClH.Hf/c1-3-7-12-10(5-1)9-11-6-2-4-8-13(11)12;1-8(2,3)7-9(4,5)6;1-2-4-5-3-1;;;/h1-5,7-8H,9H2;1-6H3;1-3H,4H2;2*1H;/q-1;;-1;;;+2/p-2. The number of allylic oxidation sites excluding steroid dienone is 4. The third-order valence-corrected chi connectivity index (χ3v) is 10.1. The molecule has 2 aromatic rings. The zero-order valence-corrected chi connectivity index (χ0v) is 24.0. The number of hydrogen-bond donors (Lipinski definition) is 0. The summed E-state index contributed by atoms with van der Waals surface area (Å²) in [4.78, 5) is 0. The normalized spacial score (nSPS) is 12.8. The van der Waals surface area contributed by atoms with E-state index in [4.69, 9.17) is 0 Å². The first-order valence-electron chi connectivity index (χ1n) is 10.00. The minimum Gasteiger partial charge on any atom is -1.00 e. The fourth-order valence-corrected chi connectivity index (χ4v) is 3.46. The van der Waals surface area contributed by atoms with Crippen LogP contribution in [0, 0.1) is 23.0 Å². The summed E-state index contributed by atoms with van der Waals surface area (Å²) in [6, 6.07) is 18.1. The summed E-state index contributed by atoms with van der Waals surface area (Å²) in [6.07, 6.45) is 11.0. The molecule has 2 aliphatic rings. The van der Waals surface area contributed by atoms with E-state index >= 15 is 0 Å². The van der Waals surface area contributed by atoms with Crippen LogP contribution in [0.15, 0.2) is 60.7 Å². The maximum atomic E-state index is 3.30. The fourth-order valence-electron chi connectivity index (χ4n) is 3.46. The molecule has 2 aromatic carbocycles. The molecular weight excluding hydrogens is 574 g/mol. The molecule has 0 atom stereocenters. The summed E-state index contributed by atoms with van der Waals surface area (Å²) in [5, 5.41) is 0. The van der Waals surface area contributed by atoms with E-state index in [9.17, 15) is 0 Å². The Bertz CT molecular complexity index is 795. The van der Waals surface area contributed by atoms with Crippen molar-refractivity contribution in [1.29, 1.82) is 0 Å². The molecule has 0 nitrogen and oxygen atoms in total. The van der Waals surface area contributed by atoms with Gasteiger partial charge in [0.25, 0.3) is 0 Å². The quantitative estimate of drug-likeness (QED) is 0.267. The molecule has 4 rings (SSSR count). The summed E-state index contributed by atoms with van der Waals surface area (Å²) in [5.41, 5.74) is 6.35. The van der Waals surface area contributed by atoms with E-state index in [1.165, 1.54) is 46.1 Å². The van der Waals surface area contributed by atoms with E-state index in [1.54, 1.807) is 3.26 Å². The average Bonchev–Trinajstić information content (AvgIpc) is 3.31. The minimum atomic E-state index is 0. The predicted octanol–water partition coefficient (Wildman–Crippen LogP) is 1.17. The predicted molar refractivity (Wildman–Crippen MR) is 119 cm³/mol. The van der Waals surface area contributed by atoms with Crippen LogP contribution in [0.2, 0.25) is 0 Å². The number of benzene rings is 2. The summed E-state index contributed by atoms with van der Waals surface area (Å²) in [7, 11) is 0. The summed E-state index contributed by atoms with van der Waals surface area (Å²) in [5.74, 6) is 0. The Balaban J connectivity index is 0.000000444. The van der Waals surface area contributed by atoms with Gasteiger partial charge < -0.3 is 24.8 Å². The second-order valence-electron chi connectivity index (χ2n) is 9.27. The number of fused-ring (bicyclic) bond motifs is 3. The van der Waals surface area contributed by atoms with E-state index in [0.717, 1.165) is 12.8 Å². The second-order valence-corrected chi connectivity index (χ2v) is 11.1. The average molecular weight is 606 g/mol. The number of hydrogen-bond acceptors (Lipinski definition) is 0. The van der Waals surface area contributed by atoms with Gasteiger partial charge in [-0.15, -0.1) is 12.0 Å². The Morgan fingerprint density at radius 3 is 1.93 bits per heavy atom. The molecule has 0 fully saturated rings. The van der Waals surface area contributed by atoms with Crippen molar-refractivity contribution < 1.29 is 48.7 Å². The van der Waals surface area contributed by atoms with E-state index in [2.05, 4.69) is 96.2 Å². The van der Waals surface area contributed by atoms with Gasteiger partial charge in [0.1, 0.15) is 0 Å². The van der Waals surface area contributed by atoms with Crippen LogP contribution in [-0.2, 0) is 30.3 Å². The van der Waals surface area contributed by atoms with E-state index in [0.29, 0.717) is 10.8 Å². The van der Waals surface area contributed by atoms with Crippen LogP contribution in [0.3, 0.4) is 0 Å². The Kier molecular flexibility index (Phi) is 12.6. The van der Waals surface area contributed by atoms with E-state index in [-0.39, 0.29) is 24.8 Å². The summed E-state index contributed by atoms with van der Waals surface area (Å²) >= 11 is 1.22.